The lowest BCUT2D eigenvalue weighted by Crippen LogP contribution is -2.55. The summed E-state index contributed by atoms with van der Waals surface area (Å²) in [6.45, 7) is 6.97. The van der Waals surface area contributed by atoms with Gasteiger partial charge in [0.2, 0.25) is 0 Å². The molecule has 0 aliphatic heterocycles. The van der Waals surface area contributed by atoms with E-state index in [9.17, 15) is 9.90 Å². The van der Waals surface area contributed by atoms with Crippen molar-refractivity contribution in [3.63, 3.8) is 0 Å². The molecule has 0 bridgehead atoms. The fourth-order valence-corrected chi connectivity index (χ4v) is 7.44. The van der Waals surface area contributed by atoms with Gasteiger partial charge in [-0.25, -0.2) is 0 Å². The molecule has 4 rings (SSSR count). The van der Waals surface area contributed by atoms with Crippen LogP contribution < -0.4 is 0 Å². The second-order valence-electron chi connectivity index (χ2n) is 9.24. The minimum absolute atomic E-state index is 0.105. The average molecular weight is 316 g/mol. The van der Waals surface area contributed by atoms with Gasteiger partial charge in [0.05, 0.1) is 5.60 Å². The Labute approximate surface area is 140 Å². The van der Waals surface area contributed by atoms with Crippen LogP contribution in [0.5, 0.6) is 0 Å². The fourth-order valence-electron chi connectivity index (χ4n) is 7.44. The zero-order chi connectivity index (χ0) is 16.4. The predicted molar refractivity (Wildman–Crippen MR) is 91.9 cm³/mol. The highest BCUT2D eigenvalue weighted by Gasteiger charge is 2.63. The summed E-state index contributed by atoms with van der Waals surface area (Å²) in [6.07, 6.45) is 10.5. The van der Waals surface area contributed by atoms with Gasteiger partial charge in [0.1, 0.15) is 0 Å². The molecule has 0 aromatic rings. The monoisotopic (exact) mass is 316 g/mol. The molecular formula is C21H32O2. The highest BCUT2D eigenvalue weighted by atomic mass is 16.3. The molecule has 0 aromatic heterocycles. The lowest BCUT2D eigenvalue weighted by atomic mass is 9.47. The molecule has 4 aliphatic rings. The molecule has 0 saturated heterocycles. The van der Waals surface area contributed by atoms with E-state index in [4.69, 9.17) is 0 Å². The third kappa shape index (κ3) is 2.06. The van der Waals surface area contributed by atoms with Crippen molar-refractivity contribution >= 4 is 5.78 Å². The van der Waals surface area contributed by atoms with Crippen LogP contribution in [-0.4, -0.2) is 16.5 Å². The van der Waals surface area contributed by atoms with E-state index in [0.29, 0.717) is 23.5 Å². The quantitative estimate of drug-likeness (QED) is 0.772. The molecule has 1 N–H and O–H groups in total. The van der Waals surface area contributed by atoms with E-state index in [1.165, 1.54) is 24.8 Å². The zero-order valence-corrected chi connectivity index (χ0v) is 15.0. The van der Waals surface area contributed by atoms with Crippen LogP contribution in [0.25, 0.3) is 0 Å². The van der Waals surface area contributed by atoms with Gasteiger partial charge in [0.15, 0.2) is 5.78 Å². The summed E-state index contributed by atoms with van der Waals surface area (Å²) in [6, 6.07) is 0. The summed E-state index contributed by atoms with van der Waals surface area (Å²) in [5.41, 5.74) is 1.12. The minimum atomic E-state index is -0.449. The van der Waals surface area contributed by atoms with E-state index in [1.54, 1.807) is 0 Å². The van der Waals surface area contributed by atoms with Crippen molar-refractivity contribution < 1.29 is 9.90 Å². The van der Waals surface area contributed by atoms with Crippen LogP contribution in [0, 0.1) is 35.0 Å². The maximum Gasteiger partial charge on any atom is 0.155 e. The number of hydrogen-bond acceptors (Lipinski definition) is 2. The van der Waals surface area contributed by atoms with Crippen LogP contribution in [0.2, 0.25) is 0 Å². The summed E-state index contributed by atoms with van der Waals surface area (Å²) in [5, 5.41) is 11.3. The van der Waals surface area contributed by atoms with Gasteiger partial charge >= 0.3 is 0 Å². The Bertz CT molecular complexity index is 550. The van der Waals surface area contributed by atoms with E-state index in [2.05, 4.69) is 20.8 Å². The zero-order valence-electron chi connectivity index (χ0n) is 15.0. The fraction of sp³-hybridized carbons (Fsp3) is 0.857. The minimum Gasteiger partial charge on any atom is -0.389 e. The first-order valence-electron chi connectivity index (χ1n) is 9.85. The molecule has 4 aliphatic carbocycles. The van der Waals surface area contributed by atoms with Crippen molar-refractivity contribution in [3.05, 3.63) is 11.6 Å². The Morgan fingerprint density at radius 2 is 2.04 bits per heavy atom. The van der Waals surface area contributed by atoms with Crippen molar-refractivity contribution in [1.82, 2.24) is 0 Å². The Morgan fingerprint density at radius 1 is 1.26 bits per heavy atom. The molecule has 0 aromatic carbocycles. The van der Waals surface area contributed by atoms with Gasteiger partial charge < -0.3 is 5.11 Å². The van der Waals surface area contributed by atoms with Gasteiger partial charge in [-0.05, 0) is 86.0 Å². The van der Waals surface area contributed by atoms with Crippen LogP contribution in [0.1, 0.15) is 72.1 Å². The van der Waals surface area contributed by atoms with Gasteiger partial charge in [-0.3, -0.25) is 4.79 Å². The standard InChI is InChI=1S/C21H32O2/c1-4-21(23)10-9-18-17-7-5-14-11-15(22)6-8-16(14)19(17)13(2)12-20(18,21)3/h11,13,16-19,23H,4-10,12H2,1-3H3/t13-,16-,17-,18-,19+,20-,21?/m0/s1. The molecule has 2 heteroatoms. The normalized spacial score (nSPS) is 52.4. The van der Waals surface area contributed by atoms with Crippen LogP contribution in [0.4, 0.5) is 0 Å². The molecule has 7 atom stereocenters. The molecule has 0 radical (unpaired) electrons. The smallest absolute Gasteiger partial charge is 0.155 e. The lowest BCUT2D eigenvalue weighted by molar-refractivity contribution is -0.137. The number of allylic oxidation sites excluding steroid dienone is 1. The van der Waals surface area contributed by atoms with Crippen molar-refractivity contribution in [2.45, 2.75) is 77.7 Å². The molecule has 3 saturated carbocycles. The SMILES string of the molecule is CCC1(O)CC[C@H]2[C@@H]3CCC4=CC(=O)CC[C@@H]4[C@H]3[C@@H](C)C[C@@]21C. The van der Waals surface area contributed by atoms with Crippen molar-refractivity contribution in [3.8, 4) is 0 Å². The highest BCUT2D eigenvalue weighted by Crippen LogP contribution is 2.66. The molecule has 0 heterocycles. The van der Waals surface area contributed by atoms with Gasteiger partial charge in [0, 0.05) is 6.42 Å². The maximum atomic E-state index is 11.8. The Morgan fingerprint density at radius 3 is 2.78 bits per heavy atom. The summed E-state index contributed by atoms with van der Waals surface area (Å²) in [7, 11) is 0. The van der Waals surface area contributed by atoms with E-state index in [1.807, 2.05) is 6.08 Å². The van der Waals surface area contributed by atoms with Gasteiger partial charge in [-0.15, -0.1) is 0 Å². The van der Waals surface area contributed by atoms with Crippen LogP contribution in [-0.2, 0) is 4.79 Å². The summed E-state index contributed by atoms with van der Waals surface area (Å²) < 4.78 is 0. The lowest BCUT2D eigenvalue weighted by Gasteiger charge is -2.58. The van der Waals surface area contributed by atoms with Crippen molar-refractivity contribution in [1.29, 1.82) is 0 Å². The molecule has 0 amide bonds. The van der Waals surface area contributed by atoms with Gasteiger partial charge in [-0.2, -0.15) is 0 Å². The second kappa shape index (κ2) is 5.18. The summed E-state index contributed by atoms with van der Waals surface area (Å²) >= 11 is 0. The Kier molecular flexibility index (Phi) is 3.58. The number of rotatable bonds is 1. The van der Waals surface area contributed by atoms with Crippen LogP contribution in [0.15, 0.2) is 11.6 Å². The van der Waals surface area contributed by atoms with Crippen LogP contribution in [0.3, 0.4) is 0 Å². The number of aliphatic hydroxyl groups is 1. The molecule has 0 spiro atoms. The average Bonchev–Trinajstić information content (AvgIpc) is 2.78. The van der Waals surface area contributed by atoms with E-state index in [0.717, 1.165) is 43.9 Å². The predicted octanol–water partition coefficient (Wildman–Crippen LogP) is 4.52. The topological polar surface area (TPSA) is 37.3 Å². The van der Waals surface area contributed by atoms with Gasteiger partial charge in [0.25, 0.3) is 0 Å². The summed E-state index contributed by atoms with van der Waals surface area (Å²) in [4.78, 5) is 11.8. The van der Waals surface area contributed by atoms with E-state index >= 15 is 0 Å². The number of fused-ring (bicyclic) bond motifs is 5. The maximum absolute atomic E-state index is 11.8. The Balaban J connectivity index is 1.69. The molecule has 1 unspecified atom stereocenters. The van der Waals surface area contributed by atoms with Crippen molar-refractivity contribution in [2.24, 2.45) is 35.0 Å². The second-order valence-corrected chi connectivity index (χ2v) is 9.24. The van der Waals surface area contributed by atoms with E-state index < -0.39 is 5.60 Å². The van der Waals surface area contributed by atoms with Crippen LogP contribution >= 0.6 is 0 Å². The molecule has 2 nitrogen and oxygen atoms in total. The third-order valence-electron chi connectivity index (χ3n) is 8.50. The summed E-state index contributed by atoms with van der Waals surface area (Å²) in [5.74, 6) is 3.87. The first kappa shape index (κ1) is 15.9. The molecule has 128 valence electrons. The number of carbonyl (C=O) groups is 1. The van der Waals surface area contributed by atoms with Gasteiger partial charge in [-0.1, -0.05) is 26.3 Å². The number of carbonyl (C=O) groups excluding carboxylic acids is 1. The largest absolute Gasteiger partial charge is 0.389 e. The Hall–Kier alpha value is -0.630. The van der Waals surface area contributed by atoms with Crippen molar-refractivity contribution in [2.75, 3.05) is 0 Å². The molecule has 23 heavy (non-hydrogen) atoms. The highest BCUT2D eigenvalue weighted by molar-refractivity contribution is 5.91. The number of ketones is 1. The molecule has 3 fully saturated rings. The first-order valence-corrected chi connectivity index (χ1v) is 9.85. The third-order valence-corrected chi connectivity index (χ3v) is 8.50. The van der Waals surface area contributed by atoms with E-state index in [-0.39, 0.29) is 5.41 Å². The first-order chi connectivity index (χ1) is 10.9. The number of hydrogen-bond donors (Lipinski definition) is 1. The molecular weight excluding hydrogens is 284 g/mol.